The van der Waals surface area contributed by atoms with E-state index in [0.717, 1.165) is 32.3 Å². The van der Waals surface area contributed by atoms with Crippen LogP contribution in [0.25, 0.3) is 20.9 Å². The third-order valence-electron chi connectivity index (χ3n) is 4.09. The number of fused-ring (bicyclic) bond motifs is 1. The van der Waals surface area contributed by atoms with Gasteiger partial charge in [-0.1, -0.05) is 47.6 Å². The molecule has 0 aliphatic carbocycles. The molecule has 4 rings (SSSR count). The van der Waals surface area contributed by atoms with Crippen molar-refractivity contribution in [1.29, 1.82) is 0 Å². The van der Waals surface area contributed by atoms with Gasteiger partial charge >= 0.3 is 0 Å². The van der Waals surface area contributed by atoms with Crippen molar-refractivity contribution in [2.45, 2.75) is 12.1 Å². The van der Waals surface area contributed by atoms with Crippen LogP contribution in [-0.2, 0) is 4.79 Å². The van der Waals surface area contributed by atoms with Crippen LogP contribution < -0.4 is 10.1 Å². The maximum atomic E-state index is 12.3. The molecule has 6 nitrogen and oxygen atoms in total. The molecule has 0 unspecified atom stereocenters. The number of methoxy groups -OCH3 is 1. The van der Waals surface area contributed by atoms with Crippen LogP contribution in [0.1, 0.15) is 5.56 Å². The number of anilines is 1. The number of carbonyl (C=O) groups is 1. The van der Waals surface area contributed by atoms with E-state index in [4.69, 9.17) is 20.8 Å². The molecule has 0 aliphatic rings. The second kappa shape index (κ2) is 8.44. The summed E-state index contributed by atoms with van der Waals surface area (Å²) in [5.41, 5.74) is 1.65. The number of aromatic nitrogens is 2. The van der Waals surface area contributed by atoms with Gasteiger partial charge in [-0.2, -0.15) is 0 Å². The van der Waals surface area contributed by atoms with E-state index in [1.165, 1.54) is 11.3 Å². The van der Waals surface area contributed by atoms with Crippen LogP contribution in [0.15, 0.2) is 52.1 Å². The molecule has 0 spiro atoms. The van der Waals surface area contributed by atoms with E-state index in [-0.39, 0.29) is 11.7 Å². The Morgan fingerprint density at radius 2 is 2.10 bits per heavy atom. The number of hydrogen-bond donors (Lipinski definition) is 1. The maximum absolute atomic E-state index is 12.3. The number of hydrogen-bond acceptors (Lipinski definition) is 7. The molecule has 1 N–H and O–H groups in total. The first-order valence-corrected chi connectivity index (χ1v) is 10.8. The Morgan fingerprint density at radius 3 is 2.90 bits per heavy atom. The molecule has 1 amide bonds. The number of nitrogens with one attached hydrogen (secondary N) is 1. The molecule has 0 bridgehead atoms. The highest BCUT2D eigenvalue weighted by atomic mass is 35.5. The van der Waals surface area contributed by atoms with E-state index >= 15 is 0 Å². The largest absolute Gasteiger partial charge is 0.495 e. The fourth-order valence-corrected chi connectivity index (χ4v) is 4.74. The standard InChI is InChI=1S/C20H16ClN3O3S2/c1-11-7-8-14(26-2)13(9-11)22-16(25)10-28-20-24-23-19(27-20)18-17(21)12-5-3-4-6-15(12)29-18/h3-9H,10H2,1-2H3,(H,22,25). The van der Waals surface area contributed by atoms with E-state index in [1.807, 2.05) is 49.4 Å². The lowest BCUT2D eigenvalue weighted by Gasteiger charge is -2.10. The SMILES string of the molecule is COc1ccc(C)cc1NC(=O)CSc1nnc(-c2sc3ccccc3c2Cl)o1. The lowest BCUT2D eigenvalue weighted by molar-refractivity contribution is -0.113. The van der Waals surface area contributed by atoms with Gasteiger partial charge in [0, 0.05) is 10.1 Å². The zero-order valence-corrected chi connectivity index (χ0v) is 18.0. The van der Waals surface area contributed by atoms with E-state index < -0.39 is 0 Å². The number of thioether (sulfide) groups is 1. The number of benzene rings is 2. The monoisotopic (exact) mass is 445 g/mol. The van der Waals surface area contributed by atoms with Gasteiger partial charge in [0.2, 0.25) is 5.91 Å². The van der Waals surface area contributed by atoms with Crippen molar-refractivity contribution in [3.8, 4) is 16.5 Å². The number of amides is 1. The number of nitrogens with zero attached hydrogens (tertiary/aromatic N) is 2. The Bertz CT molecular complexity index is 1190. The lowest BCUT2D eigenvalue weighted by atomic mass is 10.2. The van der Waals surface area contributed by atoms with Gasteiger partial charge < -0.3 is 14.5 Å². The molecule has 0 aliphatic heterocycles. The number of thiophene rings is 1. The number of ether oxygens (including phenoxy) is 1. The second-order valence-electron chi connectivity index (χ2n) is 6.16. The molecule has 2 heterocycles. The zero-order valence-electron chi connectivity index (χ0n) is 15.6. The third kappa shape index (κ3) is 4.24. The lowest BCUT2D eigenvalue weighted by Crippen LogP contribution is -2.14. The van der Waals surface area contributed by atoms with Crippen molar-refractivity contribution >= 4 is 56.4 Å². The highest BCUT2D eigenvalue weighted by molar-refractivity contribution is 7.99. The predicted octanol–water partition coefficient (Wildman–Crippen LogP) is 5.65. The van der Waals surface area contributed by atoms with E-state index in [2.05, 4.69) is 15.5 Å². The van der Waals surface area contributed by atoms with Gasteiger partial charge in [-0.3, -0.25) is 4.79 Å². The van der Waals surface area contributed by atoms with Crippen LogP contribution in [-0.4, -0.2) is 29.0 Å². The van der Waals surface area contributed by atoms with Gasteiger partial charge in [0.05, 0.1) is 23.6 Å². The summed E-state index contributed by atoms with van der Waals surface area (Å²) in [5.74, 6) is 0.880. The van der Waals surface area contributed by atoms with Crippen molar-refractivity contribution in [3.05, 3.63) is 53.1 Å². The Morgan fingerprint density at radius 1 is 1.28 bits per heavy atom. The summed E-state index contributed by atoms with van der Waals surface area (Å²) < 4.78 is 12.0. The van der Waals surface area contributed by atoms with Crippen molar-refractivity contribution in [1.82, 2.24) is 10.2 Å². The summed E-state index contributed by atoms with van der Waals surface area (Å²) in [7, 11) is 1.56. The average Bonchev–Trinajstić information content (AvgIpc) is 3.31. The van der Waals surface area contributed by atoms with Gasteiger partial charge in [-0.25, -0.2) is 0 Å². The zero-order chi connectivity index (χ0) is 20.4. The Labute approximate surface area is 180 Å². The number of halogens is 1. The second-order valence-corrected chi connectivity index (χ2v) is 8.51. The summed E-state index contributed by atoms with van der Waals surface area (Å²) in [4.78, 5) is 13.0. The molecule has 0 atom stereocenters. The molecule has 2 aromatic heterocycles. The Balaban J connectivity index is 1.44. The van der Waals surface area contributed by atoms with Crippen LogP contribution in [0, 0.1) is 6.92 Å². The van der Waals surface area contributed by atoms with Crippen LogP contribution in [0.3, 0.4) is 0 Å². The maximum Gasteiger partial charge on any atom is 0.277 e. The Hall–Kier alpha value is -2.55. The minimum Gasteiger partial charge on any atom is -0.495 e. The summed E-state index contributed by atoms with van der Waals surface area (Å²) in [6.07, 6.45) is 0. The third-order valence-corrected chi connectivity index (χ3v) is 6.57. The molecule has 9 heteroatoms. The summed E-state index contributed by atoms with van der Waals surface area (Å²) >= 11 is 9.11. The van der Waals surface area contributed by atoms with Gasteiger partial charge in [0.15, 0.2) is 0 Å². The average molecular weight is 446 g/mol. The van der Waals surface area contributed by atoms with Crippen molar-refractivity contribution in [3.63, 3.8) is 0 Å². The highest BCUT2D eigenvalue weighted by Crippen LogP contribution is 2.41. The van der Waals surface area contributed by atoms with E-state index in [0.29, 0.717) is 27.6 Å². The number of carbonyl (C=O) groups excluding carboxylic acids is 1. The molecule has 148 valence electrons. The topological polar surface area (TPSA) is 77.2 Å². The van der Waals surface area contributed by atoms with Crippen LogP contribution in [0.2, 0.25) is 5.02 Å². The summed E-state index contributed by atoms with van der Waals surface area (Å²) in [6, 6.07) is 13.4. The number of aryl methyl sites for hydroxylation is 1. The molecule has 0 fully saturated rings. The number of rotatable bonds is 6. The van der Waals surface area contributed by atoms with Crippen molar-refractivity contribution in [2.75, 3.05) is 18.2 Å². The van der Waals surface area contributed by atoms with Gasteiger partial charge in [0.1, 0.15) is 10.6 Å². The van der Waals surface area contributed by atoms with Gasteiger partial charge in [-0.05, 0) is 30.7 Å². The van der Waals surface area contributed by atoms with Crippen molar-refractivity contribution < 1.29 is 13.9 Å². The van der Waals surface area contributed by atoms with E-state index in [1.54, 1.807) is 7.11 Å². The fourth-order valence-electron chi connectivity index (χ4n) is 2.74. The summed E-state index contributed by atoms with van der Waals surface area (Å²) in [5, 5.41) is 12.8. The molecule has 0 radical (unpaired) electrons. The molecule has 0 saturated carbocycles. The first kappa shape index (κ1) is 19.8. The van der Waals surface area contributed by atoms with Crippen LogP contribution in [0.4, 0.5) is 5.69 Å². The fraction of sp³-hybridized carbons (Fsp3) is 0.150. The highest BCUT2D eigenvalue weighted by Gasteiger charge is 2.18. The normalized spacial score (nSPS) is 11.0. The van der Waals surface area contributed by atoms with Gasteiger partial charge in [0.25, 0.3) is 11.1 Å². The molecule has 4 aromatic rings. The molecular weight excluding hydrogens is 430 g/mol. The first-order valence-electron chi connectivity index (χ1n) is 8.63. The molecule has 2 aromatic carbocycles. The minimum atomic E-state index is -0.196. The summed E-state index contributed by atoms with van der Waals surface area (Å²) in [6.45, 7) is 1.95. The first-order chi connectivity index (χ1) is 14.0. The smallest absolute Gasteiger partial charge is 0.277 e. The van der Waals surface area contributed by atoms with Crippen LogP contribution >= 0.6 is 34.7 Å². The van der Waals surface area contributed by atoms with Crippen molar-refractivity contribution in [2.24, 2.45) is 0 Å². The van der Waals surface area contributed by atoms with E-state index in [9.17, 15) is 4.79 Å². The predicted molar refractivity (Wildman–Crippen MR) is 117 cm³/mol. The minimum absolute atomic E-state index is 0.124. The molecular formula is C20H16ClN3O3S2. The quantitative estimate of drug-likeness (QED) is 0.386. The Kier molecular flexibility index (Phi) is 5.75. The van der Waals surface area contributed by atoms with Crippen LogP contribution in [0.5, 0.6) is 5.75 Å². The molecule has 0 saturated heterocycles. The van der Waals surface area contributed by atoms with Gasteiger partial charge in [-0.15, -0.1) is 21.5 Å². The molecule has 29 heavy (non-hydrogen) atoms.